The van der Waals surface area contributed by atoms with E-state index >= 15 is 0 Å². The van der Waals surface area contributed by atoms with Gasteiger partial charge in [-0.25, -0.2) is 0 Å². The van der Waals surface area contributed by atoms with Crippen molar-refractivity contribution in [3.05, 3.63) is 12.2 Å². The summed E-state index contributed by atoms with van der Waals surface area (Å²) < 4.78 is 15.7. The highest BCUT2D eigenvalue weighted by Crippen LogP contribution is 2.28. The average Bonchev–Trinajstić information content (AvgIpc) is 2.57. The molecule has 7 unspecified atom stereocenters. The van der Waals surface area contributed by atoms with Crippen LogP contribution in [0.5, 0.6) is 0 Å². The van der Waals surface area contributed by atoms with Gasteiger partial charge in [0.2, 0.25) is 0 Å². The summed E-state index contributed by atoms with van der Waals surface area (Å²) in [5, 5.41) is 48.9. The van der Waals surface area contributed by atoms with Crippen molar-refractivity contribution in [2.24, 2.45) is 0 Å². The Morgan fingerprint density at radius 3 is 2.62 bits per heavy atom. The number of aliphatic hydroxyl groups excluding tert-OH is 4. The topological polar surface area (TPSA) is 146 Å². The van der Waals surface area contributed by atoms with Crippen molar-refractivity contribution in [2.45, 2.75) is 55.3 Å². The first-order valence-electron chi connectivity index (χ1n) is 7.71. The Morgan fingerprint density at radius 1 is 1.29 bits per heavy atom. The molecular formula is C15H24O9. The van der Waals surface area contributed by atoms with Crippen LogP contribution in [0.3, 0.4) is 0 Å². The first kappa shape index (κ1) is 19.4. The Bertz CT molecular complexity index is 466. The van der Waals surface area contributed by atoms with E-state index in [1.54, 1.807) is 0 Å². The molecule has 2 rings (SSSR count). The van der Waals surface area contributed by atoms with Gasteiger partial charge in [0.15, 0.2) is 12.1 Å². The van der Waals surface area contributed by atoms with Gasteiger partial charge in [-0.3, -0.25) is 4.79 Å². The lowest BCUT2D eigenvalue weighted by Gasteiger charge is -2.40. The van der Waals surface area contributed by atoms with E-state index in [9.17, 15) is 25.2 Å². The van der Waals surface area contributed by atoms with Crippen LogP contribution in [-0.2, 0) is 19.0 Å². The number of hydrogen-bond donors (Lipinski definition) is 5. The van der Waals surface area contributed by atoms with Crippen molar-refractivity contribution in [3.63, 3.8) is 0 Å². The summed E-state index contributed by atoms with van der Waals surface area (Å²) >= 11 is 0. The number of rotatable bonds is 6. The van der Waals surface area contributed by atoms with Crippen LogP contribution in [0.1, 0.15) is 12.8 Å². The maximum atomic E-state index is 11.4. The molecule has 0 bridgehead atoms. The predicted molar refractivity (Wildman–Crippen MR) is 78.8 cm³/mol. The standard InChI is InChI=1S/C15H24O9/c1-22-10-6-8(17)2-3-15(10,21)4-5-23-14-13(20)12(19)11(18)9(7-16)24-14/h2-3,9-14,16,18-21H,4-7H2,1H3. The van der Waals surface area contributed by atoms with Gasteiger partial charge in [-0.2, -0.15) is 0 Å². The largest absolute Gasteiger partial charge is 0.394 e. The molecule has 0 radical (unpaired) electrons. The maximum Gasteiger partial charge on any atom is 0.186 e. The van der Waals surface area contributed by atoms with E-state index < -0.39 is 49.0 Å². The minimum absolute atomic E-state index is 0.0452. The first-order chi connectivity index (χ1) is 11.3. The molecule has 2 aliphatic rings. The van der Waals surface area contributed by atoms with Gasteiger partial charge in [0.25, 0.3) is 0 Å². The fraction of sp³-hybridized carbons (Fsp3) is 0.800. The molecule has 0 amide bonds. The molecule has 5 N–H and O–H groups in total. The van der Waals surface area contributed by atoms with Gasteiger partial charge in [0.05, 0.1) is 19.3 Å². The highest BCUT2D eigenvalue weighted by molar-refractivity contribution is 5.91. The molecule has 9 heteroatoms. The normalized spacial score (nSPS) is 43.2. The fourth-order valence-corrected chi connectivity index (χ4v) is 2.85. The SMILES string of the molecule is COC1CC(=O)C=CC1(O)CCOC1OC(CO)C(O)C(O)C1O. The van der Waals surface area contributed by atoms with Gasteiger partial charge >= 0.3 is 0 Å². The van der Waals surface area contributed by atoms with Crippen LogP contribution < -0.4 is 0 Å². The van der Waals surface area contributed by atoms with E-state index in [4.69, 9.17) is 19.3 Å². The summed E-state index contributed by atoms with van der Waals surface area (Å²) in [6.07, 6.45) is -4.79. The monoisotopic (exact) mass is 348 g/mol. The molecule has 9 nitrogen and oxygen atoms in total. The van der Waals surface area contributed by atoms with E-state index in [1.807, 2.05) is 0 Å². The molecule has 1 fully saturated rings. The first-order valence-corrected chi connectivity index (χ1v) is 7.71. The predicted octanol–water partition coefficient (Wildman–Crippen LogP) is -2.53. The van der Waals surface area contributed by atoms with Gasteiger partial charge in [0, 0.05) is 20.0 Å². The highest BCUT2D eigenvalue weighted by atomic mass is 16.7. The van der Waals surface area contributed by atoms with Crippen LogP contribution in [0.2, 0.25) is 0 Å². The number of carbonyl (C=O) groups excluding carboxylic acids is 1. The number of ether oxygens (including phenoxy) is 3. The quantitative estimate of drug-likeness (QED) is 0.350. The van der Waals surface area contributed by atoms with Crippen LogP contribution in [0.4, 0.5) is 0 Å². The lowest BCUT2D eigenvalue weighted by molar-refractivity contribution is -0.302. The third-order valence-corrected chi connectivity index (χ3v) is 4.42. The van der Waals surface area contributed by atoms with Crippen molar-refractivity contribution in [1.82, 2.24) is 0 Å². The van der Waals surface area contributed by atoms with Gasteiger partial charge in [0.1, 0.15) is 30.0 Å². The van der Waals surface area contributed by atoms with Crippen LogP contribution in [-0.4, -0.2) is 94.1 Å². The molecule has 7 atom stereocenters. The van der Waals surface area contributed by atoms with E-state index in [-0.39, 0.29) is 25.2 Å². The number of carbonyl (C=O) groups is 1. The number of ketones is 1. The molecule has 0 spiro atoms. The molecule has 24 heavy (non-hydrogen) atoms. The molecule has 1 heterocycles. The smallest absolute Gasteiger partial charge is 0.186 e. The summed E-state index contributed by atoms with van der Waals surface area (Å²) in [6.45, 7) is -0.622. The second-order valence-corrected chi connectivity index (χ2v) is 6.04. The summed E-state index contributed by atoms with van der Waals surface area (Å²) in [5.74, 6) is -0.152. The van der Waals surface area contributed by atoms with Crippen molar-refractivity contribution >= 4 is 5.78 Å². The van der Waals surface area contributed by atoms with E-state index in [0.29, 0.717) is 0 Å². The number of allylic oxidation sites excluding steroid dienone is 1. The lowest BCUT2D eigenvalue weighted by atomic mass is 9.85. The minimum atomic E-state index is -1.53. The zero-order valence-electron chi connectivity index (χ0n) is 13.3. The molecule has 0 aromatic heterocycles. The van der Waals surface area contributed by atoms with Crippen LogP contribution in [0, 0.1) is 0 Å². The van der Waals surface area contributed by atoms with Gasteiger partial charge in [-0.15, -0.1) is 0 Å². The minimum Gasteiger partial charge on any atom is -0.394 e. The molecule has 138 valence electrons. The van der Waals surface area contributed by atoms with Crippen molar-refractivity contribution in [1.29, 1.82) is 0 Å². The third kappa shape index (κ3) is 4.01. The molecule has 1 aliphatic heterocycles. The van der Waals surface area contributed by atoms with Crippen molar-refractivity contribution in [2.75, 3.05) is 20.3 Å². The molecule has 1 aliphatic carbocycles. The Hall–Kier alpha value is -0.910. The number of hydrogen-bond acceptors (Lipinski definition) is 9. The maximum absolute atomic E-state index is 11.4. The van der Waals surface area contributed by atoms with E-state index in [0.717, 1.165) is 0 Å². The Kier molecular flexibility index (Phi) is 6.46. The zero-order chi connectivity index (χ0) is 17.9. The van der Waals surface area contributed by atoms with E-state index in [2.05, 4.69) is 0 Å². The number of methoxy groups -OCH3 is 1. The zero-order valence-corrected chi connectivity index (χ0v) is 13.3. The Labute approximate surface area is 139 Å². The van der Waals surface area contributed by atoms with Crippen LogP contribution in [0.15, 0.2) is 12.2 Å². The Balaban J connectivity index is 1.93. The Morgan fingerprint density at radius 2 is 2.00 bits per heavy atom. The highest BCUT2D eigenvalue weighted by Gasteiger charge is 2.44. The fourth-order valence-electron chi connectivity index (χ4n) is 2.85. The molecule has 0 saturated carbocycles. The average molecular weight is 348 g/mol. The molecular weight excluding hydrogens is 324 g/mol. The molecule has 0 aromatic rings. The summed E-state index contributed by atoms with van der Waals surface area (Å²) in [6, 6.07) is 0. The summed E-state index contributed by atoms with van der Waals surface area (Å²) in [7, 11) is 1.39. The van der Waals surface area contributed by atoms with Gasteiger partial charge in [-0.05, 0) is 12.2 Å². The summed E-state index contributed by atoms with van der Waals surface area (Å²) in [4.78, 5) is 11.4. The van der Waals surface area contributed by atoms with E-state index in [1.165, 1.54) is 19.3 Å². The second kappa shape index (κ2) is 7.98. The van der Waals surface area contributed by atoms with Crippen LogP contribution in [0.25, 0.3) is 0 Å². The van der Waals surface area contributed by atoms with Gasteiger partial charge in [-0.1, -0.05) is 0 Å². The lowest BCUT2D eigenvalue weighted by Crippen LogP contribution is -2.59. The van der Waals surface area contributed by atoms with Crippen LogP contribution >= 0.6 is 0 Å². The van der Waals surface area contributed by atoms with Crippen molar-refractivity contribution in [3.8, 4) is 0 Å². The van der Waals surface area contributed by atoms with Crippen molar-refractivity contribution < 1.29 is 44.5 Å². The molecule has 0 aromatic carbocycles. The van der Waals surface area contributed by atoms with Gasteiger partial charge < -0.3 is 39.7 Å². The third-order valence-electron chi connectivity index (χ3n) is 4.42. The number of aliphatic hydroxyl groups is 5. The molecule has 1 saturated heterocycles. The second-order valence-electron chi connectivity index (χ2n) is 6.04. The summed E-state index contributed by atoms with van der Waals surface area (Å²) in [5.41, 5.74) is -1.41.